The third-order valence-electron chi connectivity index (χ3n) is 7.16. The normalized spacial score (nSPS) is 27.8. The molecule has 3 aliphatic carbocycles. The summed E-state index contributed by atoms with van der Waals surface area (Å²) in [5.41, 5.74) is 7.10. The number of fused-ring (bicyclic) bond motifs is 3. The Bertz CT molecular complexity index is 1360. The van der Waals surface area contributed by atoms with Crippen molar-refractivity contribution in [3.05, 3.63) is 55.5 Å². The number of methoxy groups -OCH3 is 1. The van der Waals surface area contributed by atoms with Crippen LogP contribution >= 0.6 is 31.9 Å². The molecule has 9 nitrogen and oxygen atoms in total. The Morgan fingerprint density at radius 1 is 1.14 bits per heavy atom. The van der Waals surface area contributed by atoms with Crippen molar-refractivity contribution in [1.82, 2.24) is 4.90 Å². The lowest BCUT2D eigenvalue weighted by atomic mass is 9.59. The zero-order valence-corrected chi connectivity index (χ0v) is 21.4. The van der Waals surface area contributed by atoms with Crippen LogP contribution < -0.4 is 10.5 Å². The third-order valence-corrected chi connectivity index (χ3v) is 8.35. The zero-order valence-electron chi connectivity index (χ0n) is 18.2. The van der Waals surface area contributed by atoms with E-state index in [2.05, 4.69) is 31.9 Å². The number of carbonyl (C=O) groups excluding carboxylic acids is 5. The first kappa shape index (κ1) is 23.7. The highest BCUT2D eigenvalue weighted by atomic mass is 79.9. The van der Waals surface area contributed by atoms with E-state index >= 15 is 0 Å². The van der Waals surface area contributed by atoms with Gasteiger partial charge in [-0.05, 0) is 68.3 Å². The minimum atomic E-state index is -1.13. The first-order chi connectivity index (χ1) is 16.6. The zero-order chi connectivity index (χ0) is 25.3. The Kier molecular flexibility index (Phi) is 5.59. The lowest BCUT2D eigenvalue weighted by molar-refractivity contribution is -0.136. The number of benzene rings is 1. The van der Waals surface area contributed by atoms with Crippen LogP contribution in [0.25, 0.3) is 0 Å². The van der Waals surface area contributed by atoms with E-state index in [1.54, 1.807) is 12.1 Å². The summed E-state index contributed by atoms with van der Waals surface area (Å²) >= 11 is 6.47. The van der Waals surface area contributed by atoms with Crippen molar-refractivity contribution in [1.29, 1.82) is 0 Å². The number of amides is 4. The summed E-state index contributed by atoms with van der Waals surface area (Å²) in [5, 5.41) is 10.3. The molecule has 180 valence electrons. The summed E-state index contributed by atoms with van der Waals surface area (Å²) in [7, 11) is 1.39. The number of nitrogens with two attached hydrogens (primary N) is 1. The van der Waals surface area contributed by atoms with Crippen LogP contribution in [0.1, 0.15) is 24.3 Å². The van der Waals surface area contributed by atoms with Crippen molar-refractivity contribution in [3.63, 3.8) is 0 Å². The smallest absolute Gasteiger partial charge is 0.328 e. The highest BCUT2D eigenvalue weighted by Crippen LogP contribution is 2.56. The monoisotopic (exact) mass is 604 g/mol. The second-order valence-electron chi connectivity index (χ2n) is 8.80. The van der Waals surface area contributed by atoms with Gasteiger partial charge in [-0.25, -0.2) is 4.79 Å². The number of imide groups is 3. The fourth-order valence-corrected chi connectivity index (χ4v) is 6.63. The number of hydrogen-bond acceptors (Lipinski definition) is 7. The maximum atomic E-state index is 13.2. The van der Waals surface area contributed by atoms with Gasteiger partial charge in [0.25, 0.3) is 0 Å². The number of nitrogens with zero attached hydrogens (tertiary/aromatic N) is 1. The van der Waals surface area contributed by atoms with E-state index in [0.29, 0.717) is 20.5 Å². The topological polar surface area (TPSA) is 144 Å². The number of rotatable bonds is 2. The average Bonchev–Trinajstić information content (AvgIpc) is 3.08. The molecule has 4 aliphatic rings. The Labute approximate surface area is 215 Å². The number of likely N-dealkylation sites (tertiary alicyclic amines) is 1. The van der Waals surface area contributed by atoms with Crippen LogP contribution in [0.4, 0.5) is 4.79 Å². The van der Waals surface area contributed by atoms with Gasteiger partial charge in [0.15, 0.2) is 23.1 Å². The molecule has 0 spiro atoms. The van der Waals surface area contributed by atoms with Crippen molar-refractivity contribution in [2.75, 3.05) is 7.11 Å². The van der Waals surface area contributed by atoms with Crippen LogP contribution in [-0.4, -0.2) is 46.5 Å². The van der Waals surface area contributed by atoms with Crippen LogP contribution in [0.5, 0.6) is 11.5 Å². The van der Waals surface area contributed by atoms with Gasteiger partial charge < -0.3 is 15.6 Å². The Morgan fingerprint density at radius 2 is 1.86 bits per heavy atom. The predicted octanol–water partition coefficient (Wildman–Crippen LogP) is 3.00. The minimum Gasteiger partial charge on any atom is -0.503 e. The molecule has 0 saturated carbocycles. The molecule has 1 heterocycles. The van der Waals surface area contributed by atoms with Crippen LogP contribution in [-0.2, 0) is 19.2 Å². The van der Waals surface area contributed by atoms with Gasteiger partial charge in [0.1, 0.15) is 0 Å². The fourth-order valence-electron chi connectivity index (χ4n) is 5.72. The number of urea groups is 1. The maximum absolute atomic E-state index is 13.2. The Hall–Kier alpha value is -3.05. The van der Waals surface area contributed by atoms with E-state index < -0.39 is 41.5 Å². The van der Waals surface area contributed by atoms with Gasteiger partial charge in [0.2, 0.25) is 11.8 Å². The van der Waals surface area contributed by atoms with Gasteiger partial charge in [-0.15, -0.1) is 0 Å². The van der Waals surface area contributed by atoms with Gasteiger partial charge in [-0.2, -0.15) is 4.90 Å². The van der Waals surface area contributed by atoms with Gasteiger partial charge in [-0.1, -0.05) is 11.6 Å². The molecule has 1 saturated heterocycles. The van der Waals surface area contributed by atoms with E-state index in [-0.39, 0.29) is 51.5 Å². The van der Waals surface area contributed by atoms with Crippen molar-refractivity contribution >= 4 is 61.3 Å². The molecule has 0 aromatic heterocycles. The molecule has 35 heavy (non-hydrogen) atoms. The minimum absolute atomic E-state index is 0.0638. The average molecular weight is 606 g/mol. The van der Waals surface area contributed by atoms with Crippen LogP contribution in [0, 0.1) is 17.8 Å². The van der Waals surface area contributed by atoms with Crippen molar-refractivity contribution < 1.29 is 33.8 Å². The summed E-state index contributed by atoms with van der Waals surface area (Å²) < 4.78 is 5.72. The summed E-state index contributed by atoms with van der Waals surface area (Å²) in [4.78, 5) is 64.7. The van der Waals surface area contributed by atoms with E-state index in [9.17, 15) is 29.1 Å². The summed E-state index contributed by atoms with van der Waals surface area (Å²) in [6.07, 6.45) is 3.29. The number of halogens is 2. The van der Waals surface area contributed by atoms with E-state index in [1.165, 1.54) is 13.2 Å². The summed E-state index contributed by atoms with van der Waals surface area (Å²) in [6, 6.07) is 2.07. The third kappa shape index (κ3) is 3.35. The summed E-state index contributed by atoms with van der Waals surface area (Å²) in [6.45, 7) is 0. The fraction of sp³-hybridized carbons (Fsp3) is 0.292. The van der Waals surface area contributed by atoms with Crippen LogP contribution in [0.15, 0.2) is 50.0 Å². The maximum Gasteiger partial charge on any atom is 0.328 e. The molecule has 1 aromatic rings. The Balaban J connectivity index is 1.73. The number of ketones is 2. The number of ether oxygens (including phenoxy) is 1. The van der Waals surface area contributed by atoms with Gasteiger partial charge >= 0.3 is 6.03 Å². The molecular formula is C24H18Br2N2O7. The molecule has 1 aromatic carbocycles. The lowest BCUT2D eigenvalue weighted by Gasteiger charge is -2.42. The molecular weight excluding hydrogens is 588 g/mol. The number of carbonyl (C=O) groups is 5. The molecule has 1 fully saturated rings. The van der Waals surface area contributed by atoms with Crippen LogP contribution in [0.3, 0.4) is 0 Å². The number of phenols is 1. The second-order valence-corrected chi connectivity index (χ2v) is 10.5. The van der Waals surface area contributed by atoms with Gasteiger partial charge in [0, 0.05) is 23.1 Å². The second kappa shape index (κ2) is 8.27. The predicted molar refractivity (Wildman–Crippen MR) is 128 cm³/mol. The summed E-state index contributed by atoms with van der Waals surface area (Å²) in [5.74, 6) is -5.04. The van der Waals surface area contributed by atoms with E-state index in [1.807, 2.05) is 6.08 Å². The molecule has 11 heteroatoms. The number of hydrogen-bond donors (Lipinski definition) is 2. The number of primary amides is 1. The number of Topliss-reactive ketones (excluding diaryl/α,β-unsaturated/α-hetero) is 1. The molecule has 5 rings (SSSR count). The lowest BCUT2D eigenvalue weighted by Crippen LogP contribution is -2.42. The molecule has 4 amide bonds. The first-order valence-corrected chi connectivity index (χ1v) is 12.3. The Morgan fingerprint density at radius 3 is 2.51 bits per heavy atom. The largest absolute Gasteiger partial charge is 0.503 e. The van der Waals surface area contributed by atoms with Crippen molar-refractivity contribution in [2.45, 2.75) is 18.8 Å². The van der Waals surface area contributed by atoms with Crippen molar-refractivity contribution in [3.8, 4) is 11.5 Å². The highest BCUT2D eigenvalue weighted by Gasteiger charge is 2.57. The highest BCUT2D eigenvalue weighted by molar-refractivity contribution is 9.12. The molecule has 0 bridgehead atoms. The van der Waals surface area contributed by atoms with E-state index in [0.717, 1.165) is 0 Å². The van der Waals surface area contributed by atoms with Crippen molar-refractivity contribution in [2.24, 2.45) is 23.5 Å². The SMILES string of the molecule is COc1cc([C@H]2C3=CC[C@@H]4C(=O)N(C(N)=O)C(=O)[C@@H]4[C@@H]3CC3=C2C(=O)C=C(Br)C3=O)cc(Br)c1O. The molecule has 1 aliphatic heterocycles. The first-order valence-electron chi connectivity index (χ1n) is 10.7. The number of phenolic OH excluding ortho intramolecular Hbond substituents is 1. The molecule has 0 unspecified atom stereocenters. The molecule has 4 atom stereocenters. The van der Waals surface area contributed by atoms with E-state index in [4.69, 9.17) is 10.5 Å². The van der Waals surface area contributed by atoms with Gasteiger partial charge in [0.05, 0.1) is 27.9 Å². The quantitative estimate of drug-likeness (QED) is 0.299. The standard InChI is InChI=1S/C24H18Br2N2O7/c1-35-16-5-8(4-13(25)21(16)31)17-9-2-3-10-18(23(33)28(22(10)32)24(27)34)11(9)6-12-19(17)15(29)7-14(26)20(12)30/h2,4-5,7,10-11,17-18,31H,3,6H2,1H3,(H2,27,34)/t10-,11+,17-,18-/m0/s1. The molecule has 0 radical (unpaired) electrons. The van der Waals surface area contributed by atoms with Gasteiger partial charge in [-0.3, -0.25) is 19.2 Å². The molecule has 3 N–H and O–H groups in total. The number of allylic oxidation sites excluding steroid dienone is 6. The van der Waals surface area contributed by atoms with Crippen LogP contribution in [0.2, 0.25) is 0 Å². The number of aromatic hydroxyl groups is 1.